The van der Waals surface area contributed by atoms with Gasteiger partial charge in [0.1, 0.15) is 0 Å². The molecule has 90 valence electrons. The lowest BCUT2D eigenvalue weighted by Crippen LogP contribution is -2.38. The van der Waals surface area contributed by atoms with E-state index in [4.69, 9.17) is 4.74 Å². The van der Waals surface area contributed by atoms with Crippen molar-refractivity contribution in [3.63, 3.8) is 0 Å². The first-order chi connectivity index (χ1) is 7.06. The lowest BCUT2D eigenvalue weighted by atomic mass is 10.2. The molecule has 0 saturated carbocycles. The molecule has 1 fully saturated rings. The predicted octanol–water partition coefficient (Wildman–Crippen LogP) is -0.450. The highest BCUT2D eigenvalue weighted by Crippen LogP contribution is 2.08. The molecule has 0 spiro atoms. The van der Waals surface area contributed by atoms with Crippen LogP contribution < -0.4 is 10.0 Å². The third kappa shape index (κ3) is 4.06. The first-order valence-corrected chi connectivity index (χ1v) is 6.79. The van der Waals surface area contributed by atoms with Crippen LogP contribution in [0.2, 0.25) is 0 Å². The Balaban J connectivity index is 2.35. The van der Waals surface area contributed by atoms with Crippen molar-refractivity contribution >= 4 is 10.0 Å². The molecule has 6 heteroatoms. The van der Waals surface area contributed by atoms with Gasteiger partial charge in [0.05, 0.1) is 5.25 Å². The van der Waals surface area contributed by atoms with Gasteiger partial charge in [0.15, 0.2) is 0 Å². The van der Waals surface area contributed by atoms with Crippen LogP contribution in [0.1, 0.15) is 13.3 Å². The highest BCUT2D eigenvalue weighted by Gasteiger charge is 2.28. The summed E-state index contributed by atoms with van der Waals surface area (Å²) in [6.07, 6.45) is 0.702. The summed E-state index contributed by atoms with van der Waals surface area (Å²) >= 11 is 0. The molecule has 1 rings (SSSR count). The van der Waals surface area contributed by atoms with Crippen LogP contribution in [0.5, 0.6) is 0 Å². The van der Waals surface area contributed by atoms with Gasteiger partial charge in [-0.25, -0.2) is 13.1 Å². The molecule has 2 unspecified atom stereocenters. The smallest absolute Gasteiger partial charge is 0.215 e. The fourth-order valence-electron chi connectivity index (χ4n) is 1.61. The molecule has 15 heavy (non-hydrogen) atoms. The first kappa shape index (κ1) is 12.9. The van der Waals surface area contributed by atoms with E-state index in [9.17, 15) is 8.42 Å². The van der Waals surface area contributed by atoms with Gasteiger partial charge >= 0.3 is 0 Å². The van der Waals surface area contributed by atoms with Gasteiger partial charge in [-0.05, 0) is 18.9 Å². The van der Waals surface area contributed by atoms with Crippen molar-refractivity contribution in [2.45, 2.75) is 18.6 Å². The minimum atomic E-state index is -3.14. The molecule has 0 aromatic heterocycles. The number of methoxy groups -OCH3 is 1. The second-order valence-electron chi connectivity index (χ2n) is 4.07. The zero-order valence-electron chi connectivity index (χ0n) is 9.32. The summed E-state index contributed by atoms with van der Waals surface area (Å²) in [5.41, 5.74) is 0. The monoisotopic (exact) mass is 236 g/mol. The Labute approximate surface area is 91.6 Å². The molecule has 1 heterocycles. The number of ether oxygens (including phenoxy) is 1. The minimum absolute atomic E-state index is 0.208. The van der Waals surface area contributed by atoms with Crippen molar-refractivity contribution in [3.8, 4) is 0 Å². The lowest BCUT2D eigenvalue weighted by Gasteiger charge is -2.15. The van der Waals surface area contributed by atoms with Crippen LogP contribution in [0.4, 0.5) is 0 Å². The highest BCUT2D eigenvalue weighted by molar-refractivity contribution is 7.90. The largest absolute Gasteiger partial charge is 0.384 e. The van der Waals surface area contributed by atoms with Crippen LogP contribution in [-0.2, 0) is 14.8 Å². The van der Waals surface area contributed by atoms with Gasteiger partial charge in [0, 0.05) is 26.8 Å². The van der Waals surface area contributed by atoms with Gasteiger partial charge in [0.25, 0.3) is 0 Å². The van der Waals surface area contributed by atoms with Crippen molar-refractivity contribution in [2.24, 2.45) is 5.92 Å². The van der Waals surface area contributed by atoms with E-state index in [1.54, 1.807) is 7.11 Å². The van der Waals surface area contributed by atoms with E-state index in [1.165, 1.54) is 0 Å². The standard InChI is InChI=1S/C9H20N2O3S/c1-8(7-14-2)5-11-15(12,13)9-3-4-10-6-9/h8-11H,3-7H2,1-2H3. The summed E-state index contributed by atoms with van der Waals surface area (Å²) in [4.78, 5) is 0. The Hall–Kier alpha value is -0.170. The van der Waals surface area contributed by atoms with Crippen LogP contribution in [-0.4, -0.2) is 47.0 Å². The molecule has 0 amide bonds. The van der Waals surface area contributed by atoms with Crippen molar-refractivity contribution < 1.29 is 13.2 Å². The van der Waals surface area contributed by atoms with Gasteiger partial charge in [-0.3, -0.25) is 0 Å². The lowest BCUT2D eigenvalue weighted by molar-refractivity contribution is 0.161. The van der Waals surface area contributed by atoms with Gasteiger partial charge < -0.3 is 10.1 Å². The Bertz CT molecular complexity index is 273. The van der Waals surface area contributed by atoms with Crippen LogP contribution in [0.25, 0.3) is 0 Å². The maximum absolute atomic E-state index is 11.7. The normalized spacial score (nSPS) is 24.3. The zero-order chi connectivity index (χ0) is 11.3. The summed E-state index contributed by atoms with van der Waals surface area (Å²) < 4.78 is 31.1. The van der Waals surface area contributed by atoms with Gasteiger partial charge in [-0.2, -0.15) is 0 Å². The number of rotatable bonds is 6. The summed E-state index contributed by atoms with van der Waals surface area (Å²) in [5.74, 6) is 0.208. The first-order valence-electron chi connectivity index (χ1n) is 5.24. The Morgan fingerprint density at radius 1 is 1.60 bits per heavy atom. The average molecular weight is 236 g/mol. The molecule has 0 radical (unpaired) electrons. The van der Waals surface area contributed by atoms with Crippen molar-refractivity contribution in [1.29, 1.82) is 0 Å². The number of sulfonamides is 1. The van der Waals surface area contributed by atoms with E-state index in [0.29, 0.717) is 26.1 Å². The van der Waals surface area contributed by atoms with Crippen LogP contribution >= 0.6 is 0 Å². The molecule has 5 nitrogen and oxygen atoms in total. The third-order valence-corrected chi connectivity index (χ3v) is 4.39. The maximum Gasteiger partial charge on any atom is 0.215 e. The van der Waals surface area contributed by atoms with E-state index in [0.717, 1.165) is 6.54 Å². The van der Waals surface area contributed by atoms with E-state index in [2.05, 4.69) is 10.0 Å². The predicted molar refractivity (Wildman–Crippen MR) is 59.2 cm³/mol. The topological polar surface area (TPSA) is 67.4 Å². The molecule has 0 aromatic rings. The quantitative estimate of drug-likeness (QED) is 0.655. The van der Waals surface area contributed by atoms with Crippen molar-refractivity contribution in [3.05, 3.63) is 0 Å². The van der Waals surface area contributed by atoms with Crippen molar-refractivity contribution in [2.75, 3.05) is 33.4 Å². The molecule has 2 atom stereocenters. The van der Waals surface area contributed by atoms with E-state index in [1.807, 2.05) is 6.92 Å². The van der Waals surface area contributed by atoms with E-state index in [-0.39, 0.29) is 11.2 Å². The summed E-state index contributed by atoms with van der Waals surface area (Å²) in [6.45, 7) is 4.34. The molecule has 0 aromatic carbocycles. The second kappa shape index (κ2) is 5.79. The van der Waals surface area contributed by atoms with E-state index >= 15 is 0 Å². The molecule has 1 saturated heterocycles. The van der Waals surface area contributed by atoms with Gasteiger partial charge in [0.2, 0.25) is 10.0 Å². The fourth-order valence-corrected chi connectivity index (χ4v) is 3.13. The van der Waals surface area contributed by atoms with Crippen LogP contribution in [0, 0.1) is 5.92 Å². The molecule has 1 aliphatic heterocycles. The Kier molecular flexibility index (Phi) is 4.98. The fraction of sp³-hybridized carbons (Fsp3) is 1.00. The summed E-state index contributed by atoms with van der Waals surface area (Å²) in [5, 5.41) is 2.78. The molecule has 2 N–H and O–H groups in total. The summed E-state index contributed by atoms with van der Waals surface area (Å²) in [7, 11) is -1.52. The summed E-state index contributed by atoms with van der Waals surface area (Å²) in [6, 6.07) is 0. The maximum atomic E-state index is 11.7. The third-order valence-electron chi connectivity index (χ3n) is 2.54. The van der Waals surface area contributed by atoms with Gasteiger partial charge in [-0.1, -0.05) is 6.92 Å². The molecule has 0 aliphatic carbocycles. The Morgan fingerprint density at radius 3 is 2.87 bits per heavy atom. The molecule has 1 aliphatic rings. The second-order valence-corrected chi connectivity index (χ2v) is 6.11. The van der Waals surface area contributed by atoms with Crippen molar-refractivity contribution in [1.82, 2.24) is 10.0 Å². The minimum Gasteiger partial charge on any atom is -0.384 e. The van der Waals surface area contributed by atoms with Crippen LogP contribution in [0.15, 0.2) is 0 Å². The zero-order valence-corrected chi connectivity index (χ0v) is 10.1. The molecular weight excluding hydrogens is 216 g/mol. The van der Waals surface area contributed by atoms with Crippen LogP contribution in [0.3, 0.4) is 0 Å². The molecular formula is C9H20N2O3S. The highest BCUT2D eigenvalue weighted by atomic mass is 32.2. The van der Waals surface area contributed by atoms with Gasteiger partial charge in [-0.15, -0.1) is 0 Å². The van der Waals surface area contributed by atoms with E-state index < -0.39 is 10.0 Å². The SMILES string of the molecule is COCC(C)CNS(=O)(=O)C1CCNC1. The average Bonchev–Trinajstić information content (AvgIpc) is 2.69. The Morgan fingerprint density at radius 2 is 2.33 bits per heavy atom. The number of nitrogens with one attached hydrogen (secondary N) is 2. The number of hydrogen-bond acceptors (Lipinski definition) is 4. The molecule has 0 bridgehead atoms. The number of hydrogen-bond donors (Lipinski definition) is 2.